The summed E-state index contributed by atoms with van der Waals surface area (Å²) in [5, 5.41) is 7.56. The molecule has 0 amide bonds. The normalized spacial score (nSPS) is 10.6. The molecule has 2 heterocycles. The summed E-state index contributed by atoms with van der Waals surface area (Å²) in [4.78, 5) is 4.19. The molecule has 2 aromatic rings. The van der Waals surface area contributed by atoms with Crippen LogP contribution in [0.25, 0.3) is 11.0 Å². The molecule has 0 atom stereocenters. The second kappa shape index (κ2) is 1.95. The summed E-state index contributed by atoms with van der Waals surface area (Å²) in [6.07, 6.45) is 1.71. The maximum Gasteiger partial charge on any atom is 0.155 e. The first-order chi connectivity index (χ1) is 5.27. The maximum absolute atomic E-state index is 5.64. The van der Waals surface area contributed by atoms with Crippen LogP contribution in [0.1, 0.15) is 5.69 Å². The van der Waals surface area contributed by atoms with Crippen molar-refractivity contribution in [2.75, 3.05) is 5.73 Å². The van der Waals surface area contributed by atoms with Crippen molar-refractivity contribution in [3.63, 3.8) is 0 Å². The number of hydrogen-bond donors (Lipinski definition) is 2. The number of fused-ring (bicyclic) bond motifs is 1. The number of aromatic amines is 1. The van der Waals surface area contributed by atoms with Crippen LogP contribution in [0.2, 0.25) is 0 Å². The number of rotatable bonds is 0. The molecule has 2 aromatic heterocycles. The molecule has 0 radical (unpaired) electrons. The molecule has 11 heavy (non-hydrogen) atoms. The molecule has 4 heteroatoms. The number of nitrogen functional groups attached to an aromatic ring is 1. The van der Waals surface area contributed by atoms with E-state index in [1.54, 1.807) is 6.20 Å². The van der Waals surface area contributed by atoms with Gasteiger partial charge in [-0.05, 0) is 13.0 Å². The summed E-state index contributed by atoms with van der Waals surface area (Å²) in [6, 6.07) is 1.86. The predicted molar refractivity (Wildman–Crippen MR) is 43.0 cm³/mol. The van der Waals surface area contributed by atoms with Crippen molar-refractivity contribution in [3.8, 4) is 0 Å². The third kappa shape index (κ3) is 0.832. The van der Waals surface area contributed by atoms with Crippen molar-refractivity contribution >= 4 is 16.7 Å². The number of nitrogens with one attached hydrogen (secondary N) is 1. The van der Waals surface area contributed by atoms with E-state index >= 15 is 0 Å². The van der Waals surface area contributed by atoms with E-state index in [4.69, 9.17) is 5.73 Å². The van der Waals surface area contributed by atoms with Gasteiger partial charge in [0.15, 0.2) is 5.65 Å². The molecule has 56 valence electrons. The summed E-state index contributed by atoms with van der Waals surface area (Å²) in [7, 11) is 0. The van der Waals surface area contributed by atoms with Crippen molar-refractivity contribution in [1.29, 1.82) is 0 Å². The number of nitrogens with zero attached hydrogens (tertiary/aromatic N) is 2. The van der Waals surface area contributed by atoms with Crippen molar-refractivity contribution < 1.29 is 0 Å². The number of hydrogen-bond acceptors (Lipinski definition) is 3. The molecular formula is C7H8N4. The number of aromatic nitrogens is 3. The van der Waals surface area contributed by atoms with Crippen molar-refractivity contribution in [3.05, 3.63) is 18.0 Å². The van der Waals surface area contributed by atoms with E-state index in [1.807, 2.05) is 13.0 Å². The monoisotopic (exact) mass is 148 g/mol. The Morgan fingerprint density at radius 3 is 3.18 bits per heavy atom. The molecule has 0 saturated carbocycles. The van der Waals surface area contributed by atoms with Gasteiger partial charge in [-0.15, -0.1) is 0 Å². The number of anilines is 1. The van der Waals surface area contributed by atoms with Gasteiger partial charge in [0.25, 0.3) is 0 Å². The Balaban J connectivity index is 2.86. The van der Waals surface area contributed by atoms with Gasteiger partial charge in [-0.3, -0.25) is 5.10 Å². The van der Waals surface area contributed by atoms with Gasteiger partial charge in [0, 0.05) is 5.39 Å². The number of H-pyrrole nitrogens is 1. The van der Waals surface area contributed by atoms with E-state index in [1.165, 1.54) is 0 Å². The summed E-state index contributed by atoms with van der Waals surface area (Å²) in [6.45, 7) is 1.87. The molecule has 0 bridgehead atoms. The molecule has 0 aliphatic rings. The summed E-state index contributed by atoms with van der Waals surface area (Å²) < 4.78 is 0. The Labute approximate surface area is 63.4 Å². The average molecular weight is 148 g/mol. The first-order valence-electron chi connectivity index (χ1n) is 3.33. The fourth-order valence-electron chi connectivity index (χ4n) is 0.988. The van der Waals surface area contributed by atoms with Crippen molar-refractivity contribution in [1.82, 2.24) is 15.2 Å². The zero-order valence-corrected chi connectivity index (χ0v) is 6.13. The van der Waals surface area contributed by atoms with Crippen LogP contribution in [0.15, 0.2) is 12.3 Å². The molecule has 0 saturated heterocycles. The van der Waals surface area contributed by atoms with Crippen LogP contribution in [0.3, 0.4) is 0 Å². The van der Waals surface area contributed by atoms with E-state index in [0.717, 1.165) is 16.7 Å². The number of aryl methyl sites for hydroxylation is 1. The molecule has 4 nitrogen and oxygen atoms in total. The lowest BCUT2D eigenvalue weighted by Crippen LogP contribution is -1.92. The Hall–Kier alpha value is -1.58. The van der Waals surface area contributed by atoms with E-state index < -0.39 is 0 Å². The lowest BCUT2D eigenvalue weighted by atomic mass is 10.3. The molecule has 0 spiro atoms. The van der Waals surface area contributed by atoms with Gasteiger partial charge in [-0.1, -0.05) is 0 Å². The smallest absolute Gasteiger partial charge is 0.155 e. The van der Waals surface area contributed by atoms with Gasteiger partial charge in [-0.25, -0.2) is 4.98 Å². The molecule has 0 aromatic carbocycles. The largest absolute Gasteiger partial charge is 0.397 e. The lowest BCUT2D eigenvalue weighted by molar-refractivity contribution is 1.09. The fraction of sp³-hybridized carbons (Fsp3) is 0.143. The SMILES string of the molecule is Cc1nc2[nH]ncc2cc1N. The molecule has 0 aliphatic carbocycles. The van der Waals surface area contributed by atoms with Crippen LogP contribution in [-0.4, -0.2) is 15.2 Å². The predicted octanol–water partition coefficient (Wildman–Crippen LogP) is 0.849. The van der Waals surface area contributed by atoms with Gasteiger partial charge >= 0.3 is 0 Å². The van der Waals surface area contributed by atoms with E-state index in [9.17, 15) is 0 Å². The third-order valence-electron chi connectivity index (χ3n) is 1.66. The third-order valence-corrected chi connectivity index (χ3v) is 1.66. The highest BCUT2D eigenvalue weighted by Crippen LogP contribution is 2.14. The van der Waals surface area contributed by atoms with Gasteiger partial charge in [0.1, 0.15) is 0 Å². The standard InChI is InChI=1S/C7H8N4/c1-4-6(8)2-5-3-9-11-7(5)10-4/h2-3H,8H2,1H3,(H,9,10,11). The van der Waals surface area contributed by atoms with Gasteiger partial charge in [0.05, 0.1) is 17.6 Å². The highest BCUT2D eigenvalue weighted by atomic mass is 15.1. The fourth-order valence-corrected chi connectivity index (χ4v) is 0.988. The zero-order valence-electron chi connectivity index (χ0n) is 6.13. The first-order valence-corrected chi connectivity index (χ1v) is 3.33. The van der Waals surface area contributed by atoms with Crippen LogP contribution >= 0.6 is 0 Å². The van der Waals surface area contributed by atoms with Gasteiger partial charge in [-0.2, -0.15) is 5.10 Å². The molecule has 0 aliphatic heterocycles. The Morgan fingerprint density at radius 1 is 1.55 bits per heavy atom. The van der Waals surface area contributed by atoms with Crippen LogP contribution in [0, 0.1) is 6.92 Å². The Morgan fingerprint density at radius 2 is 2.36 bits per heavy atom. The Bertz CT molecular complexity index is 354. The minimum Gasteiger partial charge on any atom is -0.397 e. The summed E-state index contributed by atoms with van der Waals surface area (Å²) >= 11 is 0. The van der Waals surface area contributed by atoms with Crippen LogP contribution in [0.5, 0.6) is 0 Å². The van der Waals surface area contributed by atoms with Crippen LogP contribution in [-0.2, 0) is 0 Å². The molecule has 3 N–H and O–H groups in total. The van der Waals surface area contributed by atoms with Crippen LogP contribution < -0.4 is 5.73 Å². The summed E-state index contributed by atoms with van der Waals surface area (Å²) in [5.41, 5.74) is 7.97. The number of nitrogens with two attached hydrogens (primary N) is 1. The second-order valence-electron chi connectivity index (χ2n) is 2.47. The first kappa shape index (κ1) is 6.15. The maximum atomic E-state index is 5.64. The number of pyridine rings is 1. The minimum absolute atomic E-state index is 0.707. The zero-order chi connectivity index (χ0) is 7.84. The lowest BCUT2D eigenvalue weighted by Gasteiger charge is -1.96. The minimum atomic E-state index is 0.707. The van der Waals surface area contributed by atoms with Crippen molar-refractivity contribution in [2.24, 2.45) is 0 Å². The van der Waals surface area contributed by atoms with Gasteiger partial charge in [0.2, 0.25) is 0 Å². The highest BCUT2D eigenvalue weighted by molar-refractivity contribution is 5.78. The molecule has 2 rings (SSSR count). The van der Waals surface area contributed by atoms with Crippen molar-refractivity contribution in [2.45, 2.75) is 6.92 Å². The second-order valence-corrected chi connectivity index (χ2v) is 2.47. The summed E-state index contributed by atoms with van der Waals surface area (Å²) in [5.74, 6) is 0. The quantitative estimate of drug-likeness (QED) is 0.582. The van der Waals surface area contributed by atoms with Gasteiger partial charge < -0.3 is 5.73 Å². The molecular weight excluding hydrogens is 140 g/mol. The van der Waals surface area contributed by atoms with E-state index in [0.29, 0.717) is 5.69 Å². The average Bonchev–Trinajstić information content (AvgIpc) is 2.36. The van der Waals surface area contributed by atoms with E-state index in [2.05, 4.69) is 15.2 Å². The van der Waals surface area contributed by atoms with E-state index in [-0.39, 0.29) is 0 Å². The van der Waals surface area contributed by atoms with Crippen LogP contribution in [0.4, 0.5) is 5.69 Å². The highest BCUT2D eigenvalue weighted by Gasteiger charge is 1.99. The molecule has 0 unspecified atom stereocenters. The topological polar surface area (TPSA) is 67.6 Å². The Kier molecular flexibility index (Phi) is 1.09. The molecule has 0 fully saturated rings.